The summed E-state index contributed by atoms with van der Waals surface area (Å²) in [4.78, 5) is 23.7. The van der Waals surface area contributed by atoms with E-state index in [0.29, 0.717) is 11.5 Å². The number of hydrogen-bond acceptors (Lipinski definition) is 4. The summed E-state index contributed by atoms with van der Waals surface area (Å²) < 4.78 is 23.2. The Labute approximate surface area is 156 Å². The van der Waals surface area contributed by atoms with Crippen molar-refractivity contribution in [1.82, 2.24) is 16.0 Å². The summed E-state index contributed by atoms with van der Waals surface area (Å²) >= 11 is 0. The molecule has 0 spiro atoms. The third kappa shape index (κ3) is 6.50. The predicted molar refractivity (Wildman–Crippen MR) is 98.0 cm³/mol. The molecular formula is C19H22FN3O4. The van der Waals surface area contributed by atoms with Crippen LogP contribution in [0.2, 0.25) is 0 Å². The molecule has 3 N–H and O–H groups in total. The average Bonchev–Trinajstić information content (AvgIpc) is 2.69. The smallest absolute Gasteiger partial charge is 0.315 e. The Morgan fingerprint density at radius 2 is 1.67 bits per heavy atom. The van der Waals surface area contributed by atoms with Gasteiger partial charge in [0.15, 0.2) is 0 Å². The molecule has 0 aromatic heterocycles. The van der Waals surface area contributed by atoms with Gasteiger partial charge in [0.1, 0.15) is 17.3 Å². The van der Waals surface area contributed by atoms with Crippen LogP contribution in [0.3, 0.4) is 0 Å². The number of hydrogen-bond donors (Lipinski definition) is 3. The van der Waals surface area contributed by atoms with E-state index < -0.39 is 6.03 Å². The van der Waals surface area contributed by atoms with Crippen molar-refractivity contribution in [2.45, 2.75) is 13.1 Å². The lowest BCUT2D eigenvalue weighted by atomic mass is 10.2. The molecule has 0 saturated carbocycles. The second kappa shape index (κ2) is 10.0. The quantitative estimate of drug-likeness (QED) is 0.658. The second-order valence-corrected chi connectivity index (χ2v) is 5.62. The number of ether oxygens (including phenoxy) is 2. The van der Waals surface area contributed by atoms with Crippen LogP contribution >= 0.6 is 0 Å². The van der Waals surface area contributed by atoms with Crippen molar-refractivity contribution in [3.63, 3.8) is 0 Å². The molecule has 27 heavy (non-hydrogen) atoms. The van der Waals surface area contributed by atoms with Gasteiger partial charge in [-0.2, -0.15) is 0 Å². The molecule has 0 aliphatic rings. The molecule has 0 atom stereocenters. The normalized spacial score (nSPS) is 10.0. The molecule has 7 nitrogen and oxygen atoms in total. The summed E-state index contributed by atoms with van der Waals surface area (Å²) in [5, 5.41) is 7.75. The van der Waals surface area contributed by atoms with E-state index in [0.717, 1.165) is 11.1 Å². The van der Waals surface area contributed by atoms with E-state index in [1.54, 1.807) is 44.6 Å². The van der Waals surface area contributed by atoms with Crippen LogP contribution in [0.4, 0.5) is 9.18 Å². The number of benzene rings is 2. The number of carbonyl (C=O) groups is 2. The monoisotopic (exact) mass is 375 g/mol. The standard InChI is InChI=1S/C19H22FN3O4/c1-26-16-7-8-17(27-2)14(9-16)11-21-18(24)12-23-19(25)22-10-13-3-5-15(20)6-4-13/h3-9H,10-12H2,1-2H3,(H,21,24)(H2,22,23,25). The maximum Gasteiger partial charge on any atom is 0.315 e. The molecule has 0 aliphatic carbocycles. The Kier molecular flexibility index (Phi) is 7.42. The molecule has 8 heteroatoms. The van der Waals surface area contributed by atoms with Crippen LogP contribution in [0.1, 0.15) is 11.1 Å². The summed E-state index contributed by atoms with van der Waals surface area (Å²) in [7, 11) is 3.10. The number of rotatable bonds is 8. The van der Waals surface area contributed by atoms with Crippen LogP contribution in [0, 0.1) is 5.82 Å². The summed E-state index contributed by atoms with van der Waals surface area (Å²) in [6.07, 6.45) is 0. The minimum atomic E-state index is -0.492. The Hall–Kier alpha value is -3.29. The molecule has 0 heterocycles. The molecule has 0 radical (unpaired) electrons. The van der Waals surface area contributed by atoms with Gasteiger partial charge in [-0.05, 0) is 35.9 Å². The van der Waals surface area contributed by atoms with Crippen molar-refractivity contribution in [2.75, 3.05) is 20.8 Å². The fraction of sp³-hybridized carbons (Fsp3) is 0.263. The van der Waals surface area contributed by atoms with E-state index in [2.05, 4.69) is 16.0 Å². The molecule has 0 saturated heterocycles. The number of carbonyl (C=O) groups excluding carboxylic acids is 2. The molecule has 0 fully saturated rings. The van der Waals surface area contributed by atoms with Gasteiger partial charge in [0.2, 0.25) is 5.91 Å². The lowest BCUT2D eigenvalue weighted by molar-refractivity contribution is -0.120. The number of amides is 3. The molecule has 144 valence electrons. The SMILES string of the molecule is COc1ccc(OC)c(CNC(=O)CNC(=O)NCc2ccc(F)cc2)c1. The zero-order valence-corrected chi connectivity index (χ0v) is 15.2. The molecule has 2 aromatic rings. The average molecular weight is 375 g/mol. The van der Waals surface area contributed by atoms with E-state index in [9.17, 15) is 14.0 Å². The van der Waals surface area contributed by atoms with Crippen LogP contribution in [-0.2, 0) is 17.9 Å². The van der Waals surface area contributed by atoms with E-state index in [1.807, 2.05) is 0 Å². The third-order valence-corrected chi connectivity index (χ3v) is 3.74. The fourth-order valence-corrected chi connectivity index (χ4v) is 2.28. The molecule has 0 bridgehead atoms. The predicted octanol–water partition coefficient (Wildman–Crippen LogP) is 1.96. The zero-order chi connectivity index (χ0) is 19.6. The number of nitrogens with one attached hydrogen (secondary N) is 3. The number of methoxy groups -OCH3 is 2. The molecule has 3 amide bonds. The summed E-state index contributed by atoms with van der Waals surface area (Å²) in [5.41, 5.74) is 1.51. The molecule has 0 aliphatic heterocycles. The number of urea groups is 1. The molecule has 0 unspecified atom stereocenters. The van der Waals surface area contributed by atoms with E-state index >= 15 is 0 Å². The Morgan fingerprint density at radius 1 is 0.926 bits per heavy atom. The van der Waals surface area contributed by atoms with Crippen molar-refractivity contribution in [1.29, 1.82) is 0 Å². The van der Waals surface area contributed by atoms with Crippen molar-refractivity contribution >= 4 is 11.9 Å². The Morgan fingerprint density at radius 3 is 2.33 bits per heavy atom. The van der Waals surface area contributed by atoms with Gasteiger partial charge in [-0.3, -0.25) is 4.79 Å². The Bertz CT molecular complexity index is 781. The minimum Gasteiger partial charge on any atom is -0.497 e. The second-order valence-electron chi connectivity index (χ2n) is 5.62. The molecule has 2 aromatic carbocycles. The van der Waals surface area contributed by atoms with Crippen LogP contribution in [0.15, 0.2) is 42.5 Å². The Balaban J connectivity index is 1.74. The van der Waals surface area contributed by atoms with E-state index in [1.165, 1.54) is 12.1 Å². The molecule has 2 rings (SSSR count). The van der Waals surface area contributed by atoms with Crippen molar-refractivity contribution in [2.24, 2.45) is 0 Å². The van der Waals surface area contributed by atoms with Crippen LogP contribution in [0.25, 0.3) is 0 Å². The fourth-order valence-electron chi connectivity index (χ4n) is 2.28. The zero-order valence-electron chi connectivity index (χ0n) is 15.2. The van der Waals surface area contributed by atoms with E-state index in [-0.39, 0.29) is 31.4 Å². The van der Waals surface area contributed by atoms with Crippen LogP contribution in [-0.4, -0.2) is 32.7 Å². The van der Waals surface area contributed by atoms with Crippen molar-refractivity contribution in [3.05, 3.63) is 59.4 Å². The maximum absolute atomic E-state index is 12.8. The van der Waals surface area contributed by atoms with Gasteiger partial charge in [-0.15, -0.1) is 0 Å². The van der Waals surface area contributed by atoms with E-state index in [4.69, 9.17) is 9.47 Å². The van der Waals surface area contributed by atoms with Gasteiger partial charge < -0.3 is 25.4 Å². The van der Waals surface area contributed by atoms with Crippen LogP contribution in [0.5, 0.6) is 11.5 Å². The first-order valence-electron chi connectivity index (χ1n) is 8.25. The summed E-state index contributed by atoms with van der Waals surface area (Å²) in [5.74, 6) is 0.587. The lowest BCUT2D eigenvalue weighted by Crippen LogP contribution is -2.41. The van der Waals surface area contributed by atoms with Gasteiger partial charge in [0, 0.05) is 18.7 Å². The highest BCUT2D eigenvalue weighted by Crippen LogP contribution is 2.23. The highest BCUT2D eigenvalue weighted by atomic mass is 19.1. The van der Waals surface area contributed by atoms with Gasteiger partial charge in [0.25, 0.3) is 0 Å². The first kappa shape index (κ1) is 20.0. The van der Waals surface area contributed by atoms with Gasteiger partial charge >= 0.3 is 6.03 Å². The maximum atomic E-state index is 12.8. The summed E-state index contributed by atoms with van der Waals surface area (Å²) in [6, 6.07) is 10.6. The van der Waals surface area contributed by atoms with Crippen molar-refractivity contribution in [3.8, 4) is 11.5 Å². The largest absolute Gasteiger partial charge is 0.497 e. The van der Waals surface area contributed by atoms with Gasteiger partial charge in [-0.25, -0.2) is 9.18 Å². The van der Waals surface area contributed by atoms with Crippen LogP contribution < -0.4 is 25.4 Å². The molecular weight excluding hydrogens is 353 g/mol. The minimum absolute atomic E-state index is 0.179. The first-order chi connectivity index (χ1) is 13.0. The highest BCUT2D eigenvalue weighted by Gasteiger charge is 2.09. The van der Waals surface area contributed by atoms with Gasteiger partial charge in [-0.1, -0.05) is 12.1 Å². The van der Waals surface area contributed by atoms with Crippen molar-refractivity contribution < 1.29 is 23.5 Å². The first-order valence-corrected chi connectivity index (χ1v) is 8.25. The highest BCUT2D eigenvalue weighted by molar-refractivity contribution is 5.83. The number of halogens is 1. The lowest BCUT2D eigenvalue weighted by Gasteiger charge is -2.12. The topological polar surface area (TPSA) is 88.7 Å². The van der Waals surface area contributed by atoms with Gasteiger partial charge in [0.05, 0.1) is 20.8 Å². The summed E-state index contributed by atoms with van der Waals surface area (Å²) in [6.45, 7) is 0.286. The third-order valence-electron chi connectivity index (χ3n) is 3.74.